The van der Waals surface area contributed by atoms with Crippen molar-refractivity contribution in [1.82, 2.24) is 14.9 Å². The van der Waals surface area contributed by atoms with Crippen LogP contribution >= 0.6 is 23.2 Å². The normalized spacial score (nSPS) is 14.5. The molecule has 178 valence electrons. The fourth-order valence-corrected chi connectivity index (χ4v) is 4.36. The fraction of sp³-hybridized carbons (Fsp3) is 0.0769. The highest BCUT2D eigenvalue weighted by Crippen LogP contribution is 2.36. The second-order valence-electron chi connectivity index (χ2n) is 7.89. The number of rotatable bonds is 5. The van der Waals surface area contributed by atoms with Crippen LogP contribution in [0.2, 0.25) is 10.0 Å². The standard InChI is InChI=1S/C26H18Cl2FN7/c27-20-12-17(4-5-22(20)29)35-26-19-11-18(13-21(28)25(19)33-15-36(26)14-30)34-24(16-6-9-31-10-7-16)23-3-1-2-8-32-23/h1-13,24,33-34H,15H2. The largest absolute Gasteiger partial charge is 0.373 e. The van der Waals surface area contributed by atoms with E-state index in [2.05, 4.69) is 31.8 Å². The minimum Gasteiger partial charge on any atom is -0.373 e. The lowest BCUT2D eigenvalue weighted by Gasteiger charge is -2.29. The van der Waals surface area contributed by atoms with Crippen LogP contribution in [0.5, 0.6) is 0 Å². The zero-order valence-corrected chi connectivity index (χ0v) is 20.2. The third kappa shape index (κ3) is 4.80. The van der Waals surface area contributed by atoms with Gasteiger partial charge in [-0.2, -0.15) is 5.26 Å². The molecular weight excluding hydrogens is 500 g/mol. The number of nitriles is 1. The summed E-state index contributed by atoms with van der Waals surface area (Å²) in [6.45, 7) is 0.178. The molecule has 0 aliphatic carbocycles. The van der Waals surface area contributed by atoms with Gasteiger partial charge >= 0.3 is 0 Å². The lowest BCUT2D eigenvalue weighted by atomic mass is 10.0. The van der Waals surface area contributed by atoms with Gasteiger partial charge in [-0.05, 0) is 60.2 Å². The number of halogens is 3. The Kier molecular flexibility index (Phi) is 6.67. The van der Waals surface area contributed by atoms with Crippen LogP contribution in [0.3, 0.4) is 0 Å². The highest BCUT2D eigenvalue weighted by molar-refractivity contribution is 6.35. The molecule has 0 bridgehead atoms. The van der Waals surface area contributed by atoms with Crippen molar-refractivity contribution >= 4 is 46.1 Å². The molecule has 1 aliphatic heterocycles. The van der Waals surface area contributed by atoms with Crippen molar-refractivity contribution in [3.8, 4) is 6.19 Å². The molecule has 0 spiro atoms. The molecule has 1 atom stereocenters. The molecule has 0 amide bonds. The van der Waals surface area contributed by atoms with Crippen LogP contribution in [0, 0.1) is 17.3 Å². The first-order chi connectivity index (χ1) is 17.5. The fourth-order valence-electron chi connectivity index (χ4n) is 3.90. The van der Waals surface area contributed by atoms with E-state index < -0.39 is 5.82 Å². The predicted molar refractivity (Wildman–Crippen MR) is 139 cm³/mol. The average Bonchev–Trinajstić information content (AvgIpc) is 2.91. The number of pyridine rings is 2. The van der Waals surface area contributed by atoms with E-state index in [1.54, 1.807) is 24.7 Å². The number of nitrogens with one attached hydrogen (secondary N) is 2. The molecule has 5 rings (SSSR count). The molecular formula is C26H18Cl2FN7. The van der Waals surface area contributed by atoms with E-state index >= 15 is 0 Å². The van der Waals surface area contributed by atoms with Gasteiger partial charge in [-0.3, -0.25) is 9.97 Å². The molecule has 10 heteroatoms. The van der Waals surface area contributed by atoms with Gasteiger partial charge in [0.1, 0.15) is 12.5 Å². The molecule has 4 aromatic rings. The van der Waals surface area contributed by atoms with E-state index in [1.807, 2.05) is 36.4 Å². The number of benzene rings is 2. The zero-order chi connectivity index (χ0) is 25.1. The highest BCUT2D eigenvalue weighted by atomic mass is 35.5. The summed E-state index contributed by atoms with van der Waals surface area (Å²) in [6, 6.07) is 17.1. The summed E-state index contributed by atoms with van der Waals surface area (Å²) in [6.07, 6.45) is 7.30. The first-order valence-electron chi connectivity index (χ1n) is 10.9. The Labute approximate surface area is 216 Å². The molecule has 3 heterocycles. The van der Waals surface area contributed by atoms with Crippen LogP contribution in [0.25, 0.3) is 0 Å². The van der Waals surface area contributed by atoms with Gasteiger partial charge in [0, 0.05) is 29.8 Å². The van der Waals surface area contributed by atoms with E-state index in [1.165, 1.54) is 23.1 Å². The quantitative estimate of drug-likeness (QED) is 0.299. The average molecular weight is 518 g/mol. The number of fused-ring (bicyclic) bond motifs is 1. The van der Waals surface area contributed by atoms with Crippen molar-refractivity contribution < 1.29 is 4.39 Å². The van der Waals surface area contributed by atoms with Crippen molar-refractivity contribution in [3.05, 3.63) is 112 Å². The van der Waals surface area contributed by atoms with Crippen LogP contribution in [0.1, 0.15) is 22.9 Å². The van der Waals surface area contributed by atoms with Crippen molar-refractivity contribution in [2.75, 3.05) is 17.3 Å². The van der Waals surface area contributed by atoms with Crippen LogP contribution < -0.4 is 10.6 Å². The maximum atomic E-state index is 13.7. The number of aliphatic imine (C=N–C) groups is 1. The summed E-state index contributed by atoms with van der Waals surface area (Å²) in [5.74, 6) is -0.188. The number of nitrogens with zero attached hydrogens (tertiary/aromatic N) is 5. The minimum atomic E-state index is -0.547. The first kappa shape index (κ1) is 23.5. The minimum absolute atomic E-state index is 0.0569. The maximum absolute atomic E-state index is 13.7. The molecule has 0 saturated carbocycles. The van der Waals surface area contributed by atoms with Crippen molar-refractivity contribution in [2.45, 2.75) is 6.04 Å². The second-order valence-corrected chi connectivity index (χ2v) is 8.70. The van der Waals surface area contributed by atoms with Gasteiger partial charge in [-0.1, -0.05) is 29.3 Å². The van der Waals surface area contributed by atoms with Crippen LogP contribution in [-0.2, 0) is 0 Å². The zero-order valence-electron chi connectivity index (χ0n) is 18.7. The Morgan fingerprint density at radius 2 is 1.89 bits per heavy atom. The summed E-state index contributed by atoms with van der Waals surface area (Å²) in [5.41, 5.74) is 4.11. The van der Waals surface area contributed by atoms with Gasteiger partial charge in [0.05, 0.1) is 33.2 Å². The summed E-state index contributed by atoms with van der Waals surface area (Å²) >= 11 is 12.6. The monoisotopic (exact) mass is 517 g/mol. The molecule has 2 aromatic heterocycles. The van der Waals surface area contributed by atoms with E-state index in [-0.39, 0.29) is 17.7 Å². The molecule has 0 radical (unpaired) electrons. The Bertz CT molecular complexity index is 1430. The predicted octanol–water partition coefficient (Wildman–Crippen LogP) is 6.37. The molecule has 1 unspecified atom stereocenters. The third-order valence-corrected chi connectivity index (χ3v) is 6.18. The molecule has 7 nitrogen and oxygen atoms in total. The van der Waals surface area contributed by atoms with Gasteiger partial charge in [-0.25, -0.2) is 14.3 Å². The van der Waals surface area contributed by atoms with Crippen molar-refractivity contribution in [2.24, 2.45) is 4.99 Å². The van der Waals surface area contributed by atoms with Gasteiger partial charge < -0.3 is 10.6 Å². The first-order valence-corrected chi connectivity index (χ1v) is 11.7. The van der Waals surface area contributed by atoms with E-state index in [0.717, 1.165) is 11.3 Å². The van der Waals surface area contributed by atoms with E-state index in [9.17, 15) is 9.65 Å². The molecule has 2 aromatic carbocycles. The van der Waals surface area contributed by atoms with Crippen molar-refractivity contribution in [3.63, 3.8) is 0 Å². The number of hydrogen-bond acceptors (Lipinski definition) is 6. The van der Waals surface area contributed by atoms with E-state index in [0.29, 0.717) is 33.5 Å². The Hall–Kier alpha value is -4.19. The van der Waals surface area contributed by atoms with Crippen LogP contribution in [0.4, 0.5) is 21.5 Å². The number of amidine groups is 1. The van der Waals surface area contributed by atoms with Crippen LogP contribution in [0.15, 0.2) is 84.2 Å². The van der Waals surface area contributed by atoms with Gasteiger partial charge in [0.2, 0.25) is 0 Å². The maximum Gasteiger partial charge on any atom is 0.187 e. The summed E-state index contributed by atoms with van der Waals surface area (Å²) in [4.78, 5) is 14.6. The summed E-state index contributed by atoms with van der Waals surface area (Å²) < 4.78 is 13.7. The number of anilines is 2. The Morgan fingerprint density at radius 1 is 1.06 bits per heavy atom. The van der Waals surface area contributed by atoms with Gasteiger partial charge in [0.15, 0.2) is 12.0 Å². The smallest absolute Gasteiger partial charge is 0.187 e. The summed E-state index contributed by atoms with van der Waals surface area (Å²) in [5, 5.41) is 16.8. The lowest BCUT2D eigenvalue weighted by molar-refractivity contribution is 0.609. The topological polar surface area (TPSA) is 89.2 Å². The highest BCUT2D eigenvalue weighted by Gasteiger charge is 2.26. The van der Waals surface area contributed by atoms with Gasteiger partial charge in [-0.15, -0.1) is 0 Å². The molecule has 0 fully saturated rings. The Balaban J connectivity index is 1.59. The second kappa shape index (κ2) is 10.2. The van der Waals surface area contributed by atoms with Crippen molar-refractivity contribution in [1.29, 1.82) is 5.26 Å². The molecule has 36 heavy (non-hydrogen) atoms. The Morgan fingerprint density at radius 3 is 2.61 bits per heavy atom. The molecule has 0 saturated heterocycles. The number of aromatic nitrogens is 2. The summed E-state index contributed by atoms with van der Waals surface area (Å²) in [7, 11) is 0. The van der Waals surface area contributed by atoms with Crippen LogP contribution in [-0.4, -0.2) is 27.4 Å². The lowest BCUT2D eigenvalue weighted by Crippen LogP contribution is -2.37. The number of hydrogen-bond donors (Lipinski definition) is 2. The molecule has 1 aliphatic rings. The van der Waals surface area contributed by atoms with Gasteiger partial charge in [0.25, 0.3) is 0 Å². The SMILES string of the molecule is N#CN1CNc2c(Cl)cc(NC(c3ccncc3)c3ccccn3)cc2C1=Nc1ccc(F)c(Cl)c1. The molecule has 2 N–H and O–H groups in total. The van der Waals surface area contributed by atoms with E-state index in [4.69, 9.17) is 23.2 Å². The third-order valence-electron chi connectivity index (χ3n) is 5.59.